The molecule has 0 bridgehead atoms. The number of esters is 1. The Bertz CT molecular complexity index is 350. The summed E-state index contributed by atoms with van der Waals surface area (Å²) in [7, 11) is 0. The zero-order valence-corrected chi connectivity index (χ0v) is 13.8. The molecular weight excluding hydrogens is 271 g/mol. The number of rotatable bonds is 11. The second kappa shape index (κ2) is 11.4. The van der Waals surface area contributed by atoms with E-state index in [1.807, 2.05) is 0 Å². The highest BCUT2D eigenvalue weighted by molar-refractivity contribution is 5.87. The van der Waals surface area contributed by atoms with Crippen LogP contribution in [0.3, 0.4) is 0 Å². The molecule has 0 heterocycles. The molecule has 0 aromatic rings. The molecule has 2 unspecified atom stereocenters. The van der Waals surface area contributed by atoms with Crippen LogP contribution >= 0.6 is 0 Å². The number of ether oxygens (including phenoxy) is 2. The standard InChI is InChI=1S/C17H29FO3/c1-6-8-9-10-11-12-15(18)14(5)20-16(7-2)21-17(19)13(3)4/h7,14-15H,3,6,8-12H2,1-2,4-5H3/b16-7+. The van der Waals surface area contributed by atoms with E-state index in [1.54, 1.807) is 20.8 Å². The first-order valence-electron chi connectivity index (χ1n) is 7.77. The third kappa shape index (κ3) is 9.27. The maximum absolute atomic E-state index is 14.0. The molecular formula is C17H29FO3. The number of halogens is 1. The van der Waals surface area contributed by atoms with Crippen LogP contribution < -0.4 is 0 Å². The Labute approximate surface area is 128 Å². The van der Waals surface area contributed by atoms with Gasteiger partial charge in [-0.15, -0.1) is 0 Å². The van der Waals surface area contributed by atoms with Crippen molar-refractivity contribution in [2.45, 2.75) is 78.5 Å². The van der Waals surface area contributed by atoms with Gasteiger partial charge in [0, 0.05) is 5.57 Å². The van der Waals surface area contributed by atoms with Crippen molar-refractivity contribution in [1.29, 1.82) is 0 Å². The van der Waals surface area contributed by atoms with Crippen LogP contribution in [0.15, 0.2) is 24.2 Å². The summed E-state index contributed by atoms with van der Waals surface area (Å²) in [5.74, 6) is -0.533. The van der Waals surface area contributed by atoms with Crippen LogP contribution in [0.4, 0.5) is 4.39 Å². The van der Waals surface area contributed by atoms with E-state index in [4.69, 9.17) is 9.47 Å². The second-order valence-electron chi connectivity index (χ2n) is 5.32. The van der Waals surface area contributed by atoms with Crippen LogP contribution in [-0.2, 0) is 14.3 Å². The van der Waals surface area contributed by atoms with Crippen LogP contribution in [0.2, 0.25) is 0 Å². The lowest BCUT2D eigenvalue weighted by atomic mass is 10.1. The zero-order valence-electron chi connectivity index (χ0n) is 13.8. The average molecular weight is 300 g/mol. The summed E-state index contributed by atoms with van der Waals surface area (Å²) in [4.78, 5) is 11.4. The molecule has 0 radical (unpaired) electrons. The molecule has 0 saturated heterocycles. The van der Waals surface area contributed by atoms with Crippen LogP contribution in [0, 0.1) is 0 Å². The summed E-state index contributed by atoms with van der Waals surface area (Å²) in [6.45, 7) is 10.5. The van der Waals surface area contributed by atoms with Crippen molar-refractivity contribution in [3.63, 3.8) is 0 Å². The molecule has 0 saturated carbocycles. The van der Waals surface area contributed by atoms with Crippen molar-refractivity contribution in [2.75, 3.05) is 0 Å². The first-order valence-corrected chi connectivity index (χ1v) is 7.77. The summed E-state index contributed by atoms with van der Waals surface area (Å²) >= 11 is 0. The molecule has 0 aliphatic rings. The third-order valence-electron chi connectivity index (χ3n) is 3.17. The molecule has 3 nitrogen and oxygen atoms in total. The molecule has 0 aliphatic heterocycles. The molecule has 21 heavy (non-hydrogen) atoms. The molecule has 4 heteroatoms. The highest BCUT2D eigenvalue weighted by Crippen LogP contribution is 2.17. The van der Waals surface area contributed by atoms with Gasteiger partial charge in [0.05, 0.1) is 0 Å². The number of carbonyl (C=O) groups is 1. The van der Waals surface area contributed by atoms with Gasteiger partial charge >= 0.3 is 5.97 Å². The molecule has 0 aromatic carbocycles. The monoisotopic (exact) mass is 300 g/mol. The molecule has 0 N–H and O–H groups in total. The minimum atomic E-state index is -1.06. The topological polar surface area (TPSA) is 35.5 Å². The maximum Gasteiger partial charge on any atom is 0.340 e. The van der Waals surface area contributed by atoms with Gasteiger partial charge in [-0.2, -0.15) is 0 Å². The van der Waals surface area contributed by atoms with Crippen molar-refractivity contribution in [3.05, 3.63) is 24.2 Å². The highest BCUT2D eigenvalue weighted by atomic mass is 19.1. The summed E-state index contributed by atoms with van der Waals surface area (Å²) in [5.41, 5.74) is 0.276. The van der Waals surface area contributed by atoms with E-state index < -0.39 is 18.2 Å². The summed E-state index contributed by atoms with van der Waals surface area (Å²) in [5, 5.41) is 0. The van der Waals surface area contributed by atoms with Gasteiger partial charge in [-0.1, -0.05) is 45.6 Å². The van der Waals surface area contributed by atoms with Gasteiger partial charge in [0.1, 0.15) is 12.3 Å². The van der Waals surface area contributed by atoms with Gasteiger partial charge < -0.3 is 9.47 Å². The number of hydrogen-bond acceptors (Lipinski definition) is 3. The summed E-state index contributed by atoms with van der Waals surface area (Å²) in [6.07, 6.45) is 5.69. The molecule has 0 aromatic heterocycles. The molecule has 0 rings (SSSR count). The third-order valence-corrected chi connectivity index (χ3v) is 3.17. The normalized spacial score (nSPS) is 14.4. The zero-order chi connectivity index (χ0) is 16.3. The predicted octanol–water partition coefficient (Wildman–Crippen LogP) is 5.07. The predicted molar refractivity (Wildman–Crippen MR) is 83.5 cm³/mol. The number of carbonyl (C=O) groups excluding carboxylic acids is 1. The molecule has 0 amide bonds. The Morgan fingerprint density at radius 3 is 2.43 bits per heavy atom. The van der Waals surface area contributed by atoms with Crippen molar-refractivity contribution in [3.8, 4) is 0 Å². The van der Waals surface area contributed by atoms with Crippen molar-refractivity contribution in [2.24, 2.45) is 0 Å². The molecule has 0 spiro atoms. The van der Waals surface area contributed by atoms with E-state index in [1.165, 1.54) is 18.9 Å². The lowest BCUT2D eigenvalue weighted by Gasteiger charge is -2.20. The maximum atomic E-state index is 14.0. The minimum absolute atomic E-state index is 0.0316. The van der Waals surface area contributed by atoms with Crippen molar-refractivity contribution in [1.82, 2.24) is 0 Å². The van der Waals surface area contributed by atoms with E-state index >= 15 is 0 Å². The van der Waals surface area contributed by atoms with Gasteiger partial charge in [0.15, 0.2) is 0 Å². The largest absolute Gasteiger partial charge is 0.459 e. The van der Waals surface area contributed by atoms with Crippen molar-refractivity contribution < 1.29 is 18.7 Å². The fraction of sp³-hybridized carbons (Fsp3) is 0.706. The first kappa shape index (κ1) is 19.7. The molecule has 0 aliphatic carbocycles. The van der Waals surface area contributed by atoms with E-state index in [9.17, 15) is 9.18 Å². The first-order chi connectivity index (χ1) is 9.92. The van der Waals surface area contributed by atoms with E-state index in [0.29, 0.717) is 6.42 Å². The Hall–Kier alpha value is -1.32. The SMILES string of the molecule is C=C(C)C(=O)O/C(=C/C)OC(C)C(F)CCCCCCC. The highest BCUT2D eigenvalue weighted by Gasteiger charge is 2.20. The van der Waals surface area contributed by atoms with Gasteiger partial charge in [-0.25, -0.2) is 9.18 Å². The minimum Gasteiger partial charge on any atom is -0.459 e. The lowest BCUT2D eigenvalue weighted by Crippen LogP contribution is -2.23. The smallest absolute Gasteiger partial charge is 0.340 e. The fourth-order valence-electron chi connectivity index (χ4n) is 1.76. The quantitative estimate of drug-likeness (QED) is 0.231. The molecule has 0 fully saturated rings. The van der Waals surface area contributed by atoms with Crippen LogP contribution in [0.25, 0.3) is 0 Å². The van der Waals surface area contributed by atoms with Crippen LogP contribution in [0.5, 0.6) is 0 Å². The van der Waals surface area contributed by atoms with E-state index in [2.05, 4.69) is 13.5 Å². The Morgan fingerprint density at radius 1 is 1.29 bits per heavy atom. The lowest BCUT2D eigenvalue weighted by molar-refractivity contribution is -0.143. The fourth-order valence-corrected chi connectivity index (χ4v) is 1.76. The number of hydrogen-bond donors (Lipinski definition) is 0. The van der Waals surface area contributed by atoms with Crippen molar-refractivity contribution >= 4 is 5.97 Å². The summed E-state index contributed by atoms with van der Waals surface area (Å²) < 4.78 is 24.3. The molecule has 2 atom stereocenters. The van der Waals surface area contributed by atoms with E-state index in [0.717, 1.165) is 19.3 Å². The molecule has 122 valence electrons. The number of unbranched alkanes of at least 4 members (excludes halogenated alkanes) is 4. The Kier molecular flexibility index (Phi) is 10.6. The number of allylic oxidation sites excluding steroid dienone is 1. The van der Waals surface area contributed by atoms with Gasteiger partial charge in [-0.3, -0.25) is 0 Å². The van der Waals surface area contributed by atoms with Gasteiger partial charge in [0.25, 0.3) is 5.95 Å². The second-order valence-corrected chi connectivity index (χ2v) is 5.32. The average Bonchev–Trinajstić information content (AvgIpc) is 2.45. The van der Waals surface area contributed by atoms with Crippen LogP contribution in [-0.4, -0.2) is 18.2 Å². The van der Waals surface area contributed by atoms with Gasteiger partial charge in [-0.05, 0) is 33.3 Å². The van der Waals surface area contributed by atoms with Gasteiger partial charge in [0.2, 0.25) is 0 Å². The Balaban J connectivity index is 4.10. The van der Waals surface area contributed by atoms with Crippen LogP contribution in [0.1, 0.15) is 66.2 Å². The summed E-state index contributed by atoms with van der Waals surface area (Å²) in [6, 6.07) is 0. The Morgan fingerprint density at radius 2 is 1.90 bits per heavy atom. The van der Waals surface area contributed by atoms with E-state index in [-0.39, 0.29) is 11.5 Å². The number of alkyl halides is 1.